The summed E-state index contributed by atoms with van der Waals surface area (Å²) in [7, 11) is 0. The first-order valence-corrected chi connectivity index (χ1v) is 6.57. The fourth-order valence-corrected chi connectivity index (χ4v) is 1.66. The maximum atomic E-state index is 9.79. The highest BCUT2D eigenvalue weighted by Gasteiger charge is 2.12. The van der Waals surface area contributed by atoms with Crippen LogP contribution in [0.25, 0.3) is 0 Å². The van der Waals surface area contributed by atoms with Gasteiger partial charge in [-0.3, -0.25) is 0 Å². The molecule has 0 bridgehead atoms. The van der Waals surface area contributed by atoms with Gasteiger partial charge in [0.15, 0.2) is 0 Å². The van der Waals surface area contributed by atoms with Gasteiger partial charge in [0.25, 0.3) is 0 Å². The summed E-state index contributed by atoms with van der Waals surface area (Å²) in [6.45, 7) is 6.67. The van der Waals surface area contributed by atoms with E-state index in [-0.39, 0.29) is 12.0 Å². The second-order valence-electron chi connectivity index (χ2n) is 4.66. The van der Waals surface area contributed by atoms with Gasteiger partial charge >= 0.3 is 0 Å². The van der Waals surface area contributed by atoms with Crippen molar-refractivity contribution >= 4 is 0 Å². The van der Waals surface area contributed by atoms with Crippen LogP contribution in [-0.4, -0.2) is 17.8 Å². The van der Waals surface area contributed by atoms with Gasteiger partial charge in [-0.15, -0.1) is 0 Å². The summed E-state index contributed by atoms with van der Waals surface area (Å²) in [5.41, 5.74) is 1.34. The minimum absolute atomic E-state index is 0.286. The second-order valence-corrected chi connectivity index (χ2v) is 4.66. The number of aryl methyl sites for hydroxylation is 1. The molecule has 0 fully saturated rings. The number of aliphatic hydroxyl groups excluding tert-OH is 1. The minimum atomic E-state index is -0.379. The molecule has 0 aliphatic heterocycles. The second kappa shape index (κ2) is 7.33. The van der Waals surface area contributed by atoms with Crippen molar-refractivity contribution in [3.8, 4) is 5.75 Å². The summed E-state index contributed by atoms with van der Waals surface area (Å²) in [6.07, 6.45) is 2.86. The van der Waals surface area contributed by atoms with E-state index >= 15 is 0 Å². The fraction of sp³-hybridized carbons (Fsp3) is 0.600. The van der Waals surface area contributed by atoms with Crippen molar-refractivity contribution in [3.05, 3.63) is 29.8 Å². The number of hydrogen-bond donors (Lipinski definition) is 1. The van der Waals surface area contributed by atoms with Crippen LogP contribution < -0.4 is 4.74 Å². The van der Waals surface area contributed by atoms with Crippen LogP contribution in [0.3, 0.4) is 0 Å². The Labute approximate surface area is 105 Å². The topological polar surface area (TPSA) is 29.5 Å². The lowest BCUT2D eigenvalue weighted by molar-refractivity contribution is 0.0622. The Balaban J connectivity index is 2.41. The summed E-state index contributed by atoms with van der Waals surface area (Å²) >= 11 is 0. The van der Waals surface area contributed by atoms with E-state index in [4.69, 9.17) is 4.74 Å². The van der Waals surface area contributed by atoms with Crippen LogP contribution in [0, 0.1) is 5.92 Å². The smallest absolute Gasteiger partial charge is 0.119 e. The lowest BCUT2D eigenvalue weighted by Crippen LogP contribution is -2.24. The van der Waals surface area contributed by atoms with Gasteiger partial charge in [0, 0.05) is 0 Å². The number of ether oxygens (including phenoxy) is 1. The van der Waals surface area contributed by atoms with Gasteiger partial charge in [0.1, 0.15) is 12.4 Å². The van der Waals surface area contributed by atoms with E-state index in [1.54, 1.807) is 0 Å². The molecule has 1 rings (SSSR count). The quantitative estimate of drug-likeness (QED) is 0.786. The lowest BCUT2D eigenvalue weighted by Gasteiger charge is -2.17. The average Bonchev–Trinajstić information content (AvgIpc) is 2.37. The van der Waals surface area contributed by atoms with Crippen LogP contribution in [0.2, 0.25) is 0 Å². The van der Waals surface area contributed by atoms with E-state index in [0.29, 0.717) is 6.61 Å². The molecule has 17 heavy (non-hydrogen) atoms. The molecule has 2 unspecified atom stereocenters. The molecule has 2 atom stereocenters. The van der Waals surface area contributed by atoms with Gasteiger partial charge < -0.3 is 9.84 Å². The molecule has 0 amide bonds. The summed E-state index contributed by atoms with van der Waals surface area (Å²) in [4.78, 5) is 0. The molecule has 0 spiro atoms. The van der Waals surface area contributed by atoms with Gasteiger partial charge in [0.2, 0.25) is 0 Å². The maximum Gasteiger partial charge on any atom is 0.119 e. The average molecular weight is 236 g/mol. The van der Waals surface area contributed by atoms with Crippen molar-refractivity contribution in [2.45, 2.75) is 46.1 Å². The third kappa shape index (κ3) is 4.78. The highest BCUT2D eigenvalue weighted by atomic mass is 16.5. The largest absolute Gasteiger partial charge is 0.491 e. The Kier molecular flexibility index (Phi) is 6.06. The van der Waals surface area contributed by atoms with Gasteiger partial charge in [0.05, 0.1) is 6.10 Å². The van der Waals surface area contributed by atoms with Crippen molar-refractivity contribution in [3.63, 3.8) is 0 Å². The molecule has 0 saturated carbocycles. The zero-order valence-corrected chi connectivity index (χ0v) is 11.1. The molecule has 2 heteroatoms. The number of benzene rings is 1. The van der Waals surface area contributed by atoms with Gasteiger partial charge in [-0.05, 0) is 30.0 Å². The Morgan fingerprint density at radius 3 is 2.35 bits per heavy atom. The maximum absolute atomic E-state index is 9.79. The fourth-order valence-electron chi connectivity index (χ4n) is 1.66. The highest BCUT2D eigenvalue weighted by Crippen LogP contribution is 2.15. The van der Waals surface area contributed by atoms with Crippen molar-refractivity contribution in [1.29, 1.82) is 0 Å². The molecule has 0 aromatic heterocycles. The lowest BCUT2D eigenvalue weighted by atomic mass is 10.0. The number of aliphatic hydroxyl groups is 1. The molecular formula is C15H24O2. The Morgan fingerprint density at radius 2 is 1.82 bits per heavy atom. The monoisotopic (exact) mass is 236 g/mol. The first-order chi connectivity index (χ1) is 8.17. The van der Waals surface area contributed by atoms with Gasteiger partial charge in [-0.25, -0.2) is 0 Å². The molecule has 1 aromatic rings. The number of rotatable bonds is 7. The Morgan fingerprint density at radius 1 is 1.18 bits per heavy atom. The SMILES string of the molecule is CCCc1ccc(OCC(O)C(C)CC)cc1. The first-order valence-electron chi connectivity index (χ1n) is 6.57. The van der Waals surface area contributed by atoms with Gasteiger partial charge in [-0.1, -0.05) is 45.7 Å². The third-order valence-electron chi connectivity index (χ3n) is 3.18. The van der Waals surface area contributed by atoms with Crippen molar-refractivity contribution in [2.75, 3.05) is 6.61 Å². The predicted molar refractivity (Wildman–Crippen MR) is 71.4 cm³/mol. The summed E-state index contributed by atoms with van der Waals surface area (Å²) in [5, 5.41) is 9.79. The van der Waals surface area contributed by atoms with Crippen LogP contribution in [0.1, 0.15) is 39.2 Å². The third-order valence-corrected chi connectivity index (χ3v) is 3.18. The Bertz CT molecular complexity index is 305. The van der Waals surface area contributed by atoms with Crippen molar-refractivity contribution < 1.29 is 9.84 Å². The van der Waals surface area contributed by atoms with E-state index in [1.807, 2.05) is 19.1 Å². The van der Waals surface area contributed by atoms with Crippen LogP contribution in [0.15, 0.2) is 24.3 Å². The zero-order valence-electron chi connectivity index (χ0n) is 11.1. The molecule has 0 saturated heterocycles. The van der Waals surface area contributed by atoms with Crippen LogP contribution in [0.5, 0.6) is 5.75 Å². The van der Waals surface area contributed by atoms with Crippen molar-refractivity contribution in [1.82, 2.24) is 0 Å². The summed E-state index contributed by atoms with van der Waals surface area (Å²) in [5.74, 6) is 1.13. The minimum Gasteiger partial charge on any atom is -0.491 e. The van der Waals surface area contributed by atoms with Crippen LogP contribution >= 0.6 is 0 Å². The molecule has 1 N–H and O–H groups in total. The molecule has 0 heterocycles. The standard InChI is InChI=1S/C15H24O2/c1-4-6-13-7-9-14(10-8-13)17-11-15(16)12(3)5-2/h7-10,12,15-16H,4-6,11H2,1-3H3. The highest BCUT2D eigenvalue weighted by molar-refractivity contribution is 5.27. The van der Waals surface area contributed by atoms with Crippen molar-refractivity contribution in [2.24, 2.45) is 5.92 Å². The molecular weight excluding hydrogens is 212 g/mol. The molecule has 2 nitrogen and oxygen atoms in total. The summed E-state index contributed by atoms with van der Waals surface area (Å²) < 4.78 is 5.57. The first kappa shape index (κ1) is 14.0. The molecule has 96 valence electrons. The molecule has 0 aliphatic rings. The number of hydrogen-bond acceptors (Lipinski definition) is 2. The normalized spacial score (nSPS) is 14.4. The van der Waals surface area contributed by atoms with Crippen LogP contribution in [0.4, 0.5) is 0 Å². The van der Waals surface area contributed by atoms with E-state index < -0.39 is 0 Å². The predicted octanol–water partition coefficient (Wildman–Crippen LogP) is 3.42. The van der Waals surface area contributed by atoms with E-state index in [0.717, 1.165) is 25.0 Å². The Hall–Kier alpha value is -1.02. The molecule has 1 aromatic carbocycles. The summed E-state index contributed by atoms with van der Waals surface area (Å²) in [6, 6.07) is 8.14. The zero-order chi connectivity index (χ0) is 12.7. The van der Waals surface area contributed by atoms with E-state index in [9.17, 15) is 5.11 Å². The van der Waals surface area contributed by atoms with E-state index in [2.05, 4.69) is 26.0 Å². The van der Waals surface area contributed by atoms with Crippen LogP contribution in [-0.2, 0) is 6.42 Å². The molecule has 0 aliphatic carbocycles. The molecule has 0 radical (unpaired) electrons. The van der Waals surface area contributed by atoms with Gasteiger partial charge in [-0.2, -0.15) is 0 Å². The van der Waals surface area contributed by atoms with E-state index in [1.165, 1.54) is 5.56 Å².